The average molecular weight is 543 g/mol. The van der Waals surface area contributed by atoms with Crippen molar-refractivity contribution < 1.29 is 28.9 Å². The van der Waals surface area contributed by atoms with E-state index in [1.807, 2.05) is 28.7 Å². The van der Waals surface area contributed by atoms with E-state index < -0.39 is 24.1 Å². The average Bonchev–Trinajstić information content (AvgIpc) is 2.67. The molecule has 1 unspecified atom stereocenters. The summed E-state index contributed by atoms with van der Waals surface area (Å²) in [6.45, 7) is 1.34. The van der Waals surface area contributed by atoms with Crippen LogP contribution in [0, 0.1) is 15.2 Å². The monoisotopic (exact) mass is 543 g/mol. The van der Waals surface area contributed by atoms with Crippen molar-refractivity contribution in [3.05, 3.63) is 73.9 Å². The molecule has 3 N–H and O–H groups in total. The number of carbonyl (C=O) groups is 1. The predicted molar refractivity (Wildman–Crippen MR) is 121 cm³/mol. The third-order valence-corrected chi connectivity index (χ3v) is 5.89. The molecule has 3 rings (SSSR count). The lowest BCUT2D eigenvalue weighted by atomic mass is 9.87. The number of nitrogens with zero attached hydrogens (tertiary/aromatic N) is 1. The number of aliphatic hydroxyl groups is 3. The van der Waals surface area contributed by atoms with Crippen LogP contribution < -0.4 is 0 Å². The van der Waals surface area contributed by atoms with Gasteiger partial charge < -0.3 is 20.2 Å². The molecule has 0 radical (unpaired) electrons. The zero-order valence-corrected chi connectivity index (χ0v) is 19.1. The molecule has 1 fully saturated rings. The third kappa shape index (κ3) is 5.88. The minimum absolute atomic E-state index is 0.0102. The van der Waals surface area contributed by atoms with Crippen LogP contribution in [0.5, 0.6) is 0 Å². The molecule has 1 amide bonds. The molecule has 2 aromatic rings. The zero-order valence-electron chi connectivity index (χ0n) is 17.0. The molecule has 1 atom stereocenters. The number of likely N-dealkylation sites (tertiary alicyclic amines) is 1. The summed E-state index contributed by atoms with van der Waals surface area (Å²) in [5.41, 5.74) is 0.652. The Balaban J connectivity index is 1.78. The molecule has 0 aliphatic carbocycles. The molecule has 0 aromatic heterocycles. The fourth-order valence-electron chi connectivity index (χ4n) is 3.74. The molecule has 0 saturated carbocycles. The fraction of sp³-hybridized carbons (Fsp3) is 0.348. The number of hydrogen-bond acceptors (Lipinski definition) is 4. The lowest BCUT2D eigenvalue weighted by molar-refractivity contribution is -0.109. The summed E-state index contributed by atoms with van der Waals surface area (Å²) < 4.78 is 28.8. The quantitative estimate of drug-likeness (QED) is 0.469. The smallest absolute Gasteiger partial charge is 0.254 e. The number of β-amino-alcohol motifs (C(OH)–C–C–N with tert-alkyl or cyclic N) is 1. The van der Waals surface area contributed by atoms with Crippen LogP contribution >= 0.6 is 22.6 Å². The second-order valence-corrected chi connectivity index (χ2v) is 9.31. The van der Waals surface area contributed by atoms with E-state index in [2.05, 4.69) is 0 Å². The summed E-state index contributed by atoms with van der Waals surface area (Å²) in [5, 5.41) is 28.9. The second-order valence-electron chi connectivity index (χ2n) is 8.06. The van der Waals surface area contributed by atoms with Gasteiger partial charge in [-0.3, -0.25) is 4.79 Å². The summed E-state index contributed by atoms with van der Waals surface area (Å²) in [4.78, 5) is 14.3. The maximum Gasteiger partial charge on any atom is 0.254 e. The Kier molecular flexibility index (Phi) is 7.46. The van der Waals surface area contributed by atoms with Gasteiger partial charge in [0.05, 0.1) is 25.8 Å². The molecule has 8 heteroatoms. The van der Waals surface area contributed by atoms with Gasteiger partial charge in [-0.2, -0.15) is 0 Å². The molecule has 1 aliphatic rings. The van der Waals surface area contributed by atoms with Crippen molar-refractivity contribution in [2.45, 2.75) is 31.5 Å². The van der Waals surface area contributed by atoms with E-state index in [1.165, 1.54) is 29.2 Å². The minimum atomic E-state index is -1.26. The number of benzene rings is 2. The highest BCUT2D eigenvalue weighted by Crippen LogP contribution is 2.29. The highest BCUT2D eigenvalue weighted by atomic mass is 127. The first kappa shape index (κ1) is 23.8. The van der Waals surface area contributed by atoms with E-state index in [-0.39, 0.29) is 36.8 Å². The Hall–Kier alpha value is -1.88. The SMILES string of the molecule is C/C(=C\c1cc(F)ccc1C(=O)N1CC(O)(CC(O)CO)C1)Cc1ccc(I)cc1F. The van der Waals surface area contributed by atoms with Crippen molar-refractivity contribution in [2.75, 3.05) is 19.7 Å². The van der Waals surface area contributed by atoms with Crippen LogP contribution in [0.1, 0.15) is 34.8 Å². The van der Waals surface area contributed by atoms with Crippen LogP contribution in [0.3, 0.4) is 0 Å². The normalized spacial score (nSPS) is 16.7. The van der Waals surface area contributed by atoms with Crippen molar-refractivity contribution in [1.29, 1.82) is 0 Å². The Morgan fingerprint density at radius 2 is 1.97 bits per heavy atom. The number of halogens is 3. The molecule has 31 heavy (non-hydrogen) atoms. The van der Waals surface area contributed by atoms with Gasteiger partial charge in [-0.15, -0.1) is 0 Å². The van der Waals surface area contributed by atoms with Gasteiger partial charge in [0, 0.05) is 15.6 Å². The molecule has 2 aromatic carbocycles. The van der Waals surface area contributed by atoms with Crippen molar-refractivity contribution >= 4 is 34.6 Å². The van der Waals surface area contributed by atoms with Crippen LogP contribution in [0.2, 0.25) is 0 Å². The maximum atomic E-state index is 14.2. The van der Waals surface area contributed by atoms with Crippen LogP contribution in [0.15, 0.2) is 42.0 Å². The van der Waals surface area contributed by atoms with Crippen LogP contribution in [0.25, 0.3) is 6.08 Å². The summed E-state index contributed by atoms with van der Waals surface area (Å²) in [7, 11) is 0. The minimum Gasteiger partial charge on any atom is -0.394 e. The van der Waals surface area contributed by atoms with Gasteiger partial charge in [-0.1, -0.05) is 17.7 Å². The highest BCUT2D eigenvalue weighted by molar-refractivity contribution is 14.1. The van der Waals surface area contributed by atoms with Crippen molar-refractivity contribution in [3.8, 4) is 0 Å². The summed E-state index contributed by atoms with van der Waals surface area (Å²) >= 11 is 2.03. The molecule has 1 heterocycles. The molecule has 0 bridgehead atoms. The Morgan fingerprint density at radius 1 is 1.26 bits per heavy atom. The molecule has 5 nitrogen and oxygen atoms in total. The van der Waals surface area contributed by atoms with Crippen LogP contribution in [-0.4, -0.2) is 57.5 Å². The molecule has 1 saturated heterocycles. The Morgan fingerprint density at radius 3 is 2.61 bits per heavy atom. The molecule has 1 aliphatic heterocycles. The largest absolute Gasteiger partial charge is 0.394 e. The zero-order chi connectivity index (χ0) is 22.8. The van der Waals surface area contributed by atoms with E-state index >= 15 is 0 Å². The Bertz CT molecular complexity index is 1010. The molecular formula is C23H24F2INO4. The number of hydrogen-bond donors (Lipinski definition) is 3. The number of aliphatic hydroxyl groups excluding tert-OH is 2. The highest BCUT2D eigenvalue weighted by Gasteiger charge is 2.45. The van der Waals surface area contributed by atoms with Crippen molar-refractivity contribution in [2.24, 2.45) is 0 Å². The topological polar surface area (TPSA) is 81.0 Å². The second kappa shape index (κ2) is 9.72. The van der Waals surface area contributed by atoms with Gasteiger partial charge in [0.25, 0.3) is 5.91 Å². The van der Waals surface area contributed by atoms with Gasteiger partial charge >= 0.3 is 0 Å². The third-order valence-electron chi connectivity index (χ3n) is 5.21. The van der Waals surface area contributed by atoms with Crippen molar-refractivity contribution in [1.82, 2.24) is 4.90 Å². The fourth-order valence-corrected chi connectivity index (χ4v) is 4.19. The van der Waals surface area contributed by atoms with Crippen molar-refractivity contribution in [3.63, 3.8) is 0 Å². The first-order chi connectivity index (χ1) is 14.6. The van der Waals surface area contributed by atoms with Crippen LogP contribution in [-0.2, 0) is 6.42 Å². The van der Waals surface area contributed by atoms with E-state index in [4.69, 9.17) is 5.11 Å². The summed E-state index contributed by atoms with van der Waals surface area (Å²) in [5.74, 6) is -1.19. The van der Waals surface area contributed by atoms with E-state index in [9.17, 15) is 23.8 Å². The number of amides is 1. The first-order valence-corrected chi connectivity index (χ1v) is 10.9. The molecular weight excluding hydrogens is 519 g/mol. The predicted octanol–water partition coefficient (Wildman–Crippen LogP) is 3.15. The first-order valence-electron chi connectivity index (χ1n) is 9.81. The lowest BCUT2D eigenvalue weighted by Crippen LogP contribution is -2.64. The van der Waals surface area contributed by atoms with Gasteiger partial charge in [-0.05, 0) is 77.4 Å². The van der Waals surface area contributed by atoms with Gasteiger partial charge in [0.1, 0.15) is 17.2 Å². The summed E-state index contributed by atoms with van der Waals surface area (Å²) in [6, 6.07) is 8.79. The number of rotatable bonds is 7. The van der Waals surface area contributed by atoms with Gasteiger partial charge in [0.15, 0.2) is 0 Å². The number of allylic oxidation sites excluding steroid dienone is 1. The summed E-state index contributed by atoms with van der Waals surface area (Å²) in [6.07, 6.45) is 0.880. The standard InChI is InChI=1S/C23H24F2INO4/c1-14(6-15-2-4-18(26)9-21(15)25)7-16-8-17(24)3-5-20(16)22(30)27-12-23(31,13-27)10-19(29)11-28/h2-5,7-9,19,28-29,31H,6,10-13H2,1H3/b14-7+. The Labute approximate surface area is 193 Å². The van der Waals surface area contributed by atoms with E-state index in [1.54, 1.807) is 19.1 Å². The van der Waals surface area contributed by atoms with Gasteiger partial charge in [-0.25, -0.2) is 8.78 Å². The van der Waals surface area contributed by atoms with E-state index in [0.717, 1.165) is 9.14 Å². The number of carbonyl (C=O) groups excluding carboxylic acids is 1. The molecule has 0 spiro atoms. The van der Waals surface area contributed by atoms with Gasteiger partial charge in [0.2, 0.25) is 0 Å². The lowest BCUT2D eigenvalue weighted by Gasteiger charge is -2.47. The van der Waals surface area contributed by atoms with Crippen LogP contribution in [0.4, 0.5) is 8.78 Å². The van der Waals surface area contributed by atoms with E-state index in [0.29, 0.717) is 17.5 Å². The maximum absolute atomic E-state index is 14.2. The molecule has 166 valence electrons.